The van der Waals surface area contributed by atoms with Crippen molar-refractivity contribution >= 4 is 27.3 Å². The van der Waals surface area contributed by atoms with E-state index < -0.39 is 15.9 Å². The van der Waals surface area contributed by atoms with Gasteiger partial charge in [0.05, 0.1) is 24.2 Å². The number of para-hydroxylation sites is 2. The maximum absolute atomic E-state index is 12.4. The zero-order chi connectivity index (χ0) is 22.4. The largest absolute Gasteiger partial charge is 0.507 e. The van der Waals surface area contributed by atoms with Gasteiger partial charge < -0.3 is 5.11 Å². The van der Waals surface area contributed by atoms with E-state index in [9.17, 15) is 18.3 Å². The molecular weight excluding hydrogens is 414 g/mol. The van der Waals surface area contributed by atoms with E-state index in [0.29, 0.717) is 22.5 Å². The molecule has 1 amide bonds. The average Bonchev–Trinajstić information content (AvgIpc) is 2.76. The number of aromatic hydroxyl groups is 1. The first kappa shape index (κ1) is 22.0. The van der Waals surface area contributed by atoms with Crippen LogP contribution in [0.2, 0.25) is 0 Å². The van der Waals surface area contributed by atoms with Crippen molar-refractivity contribution in [3.8, 4) is 5.75 Å². The average molecular weight is 438 g/mol. The lowest BCUT2D eigenvalue weighted by Gasteiger charge is -2.22. The van der Waals surface area contributed by atoms with Gasteiger partial charge >= 0.3 is 0 Å². The Morgan fingerprint density at radius 1 is 0.968 bits per heavy atom. The first-order valence-corrected chi connectivity index (χ1v) is 11.4. The number of hydrogen-bond donors (Lipinski definition) is 2. The molecule has 0 bridgehead atoms. The summed E-state index contributed by atoms with van der Waals surface area (Å²) in [5.74, 6) is -0.333. The molecule has 0 unspecified atom stereocenters. The summed E-state index contributed by atoms with van der Waals surface area (Å²) in [4.78, 5) is 12.4. The Balaban J connectivity index is 1.71. The van der Waals surface area contributed by atoms with E-state index in [1.807, 2.05) is 6.07 Å². The lowest BCUT2D eigenvalue weighted by atomic mass is 10.1. The van der Waals surface area contributed by atoms with Gasteiger partial charge in [0, 0.05) is 11.1 Å². The number of nitrogens with zero attached hydrogens (tertiary/aromatic N) is 2. The van der Waals surface area contributed by atoms with Gasteiger partial charge in [0.25, 0.3) is 5.91 Å². The number of rotatable bonds is 7. The second kappa shape index (κ2) is 9.44. The van der Waals surface area contributed by atoms with Gasteiger partial charge in [0.1, 0.15) is 5.75 Å². The van der Waals surface area contributed by atoms with Crippen LogP contribution in [0.4, 0.5) is 5.69 Å². The molecule has 0 radical (unpaired) electrons. The lowest BCUT2D eigenvalue weighted by molar-refractivity contribution is 0.0954. The molecule has 0 spiro atoms. The Morgan fingerprint density at radius 3 is 2.19 bits per heavy atom. The number of sulfonamides is 1. The highest BCUT2D eigenvalue weighted by molar-refractivity contribution is 7.92. The number of nitrogens with one attached hydrogen (secondary N) is 1. The van der Waals surface area contributed by atoms with Gasteiger partial charge in [-0.1, -0.05) is 42.5 Å². The van der Waals surface area contributed by atoms with Crippen molar-refractivity contribution in [1.82, 2.24) is 5.43 Å². The highest BCUT2D eigenvalue weighted by Crippen LogP contribution is 2.20. The zero-order valence-corrected chi connectivity index (χ0v) is 18.0. The third-order valence-electron chi connectivity index (χ3n) is 4.61. The summed E-state index contributed by atoms with van der Waals surface area (Å²) in [5, 5.41) is 13.9. The van der Waals surface area contributed by atoms with Crippen LogP contribution in [0.1, 0.15) is 28.4 Å². The standard InChI is InChI=1S/C23H23N3O4S/c1-17(21-10-6-7-11-22(21)27)24-25-23(28)19-14-12-18(13-15-19)16-26(31(2,29)30)20-8-4-3-5-9-20/h3-15,27H,16H2,1-2H3,(H,25,28)/b24-17-. The molecule has 0 aromatic heterocycles. The Morgan fingerprint density at radius 2 is 1.58 bits per heavy atom. The van der Waals surface area contributed by atoms with Crippen molar-refractivity contribution in [3.05, 3.63) is 95.6 Å². The van der Waals surface area contributed by atoms with Crippen molar-refractivity contribution in [2.24, 2.45) is 5.10 Å². The van der Waals surface area contributed by atoms with Crippen LogP contribution in [0, 0.1) is 0 Å². The van der Waals surface area contributed by atoms with Gasteiger partial charge in [0.15, 0.2) is 0 Å². The molecule has 7 nitrogen and oxygen atoms in total. The number of carbonyl (C=O) groups is 1. The highest BCUT2D eigenvalue weighted by atomic mass is 32.2. The van der Waals surface area contributed by atoms with E-state index in [1.165, 1.54) is 4.31 Å². The minimum atomic E-state index is -3.47. The topological polar surface area (TPSA) is 99.1 Å². The van der Waals surface area contributed by atoms with Crippen LogP contribution in [0.15, 0.2) is 84.0 Å². The summed E-state index contributed by atoms with van der Waals surface area (Å²) < 4.78 is 25.8. The lowest BCUT2D eigenvalue weighted by Crippen LogP contribution is -2.29. The molecule has 31 heavy (non-hydrogen) atoms. The van der Waals surface area contributed by atoms with E-state index in [4.69, 9.17) is 0 Å². The predicted octanol–water partition coefficient (Wildman–Crippen LogP) is 3.51. The van der Waals surface area contributed by atoms with Gasteiger partial charge in [0.2, 0.25) is 10.0 Å². The van der Waals surface area contributed by atoms with Gasteiger partial charge in [-0.15, -0.1) is 0 Å². The van der Waals surface area contributed by atoms with Crippen LogP contribution in [0.3, 0.4) is 0 Å². The van der Waals surface area contributed by atoms with Crippen molar-refractivity contribution in [2.75, 3.05) is 10.6 Å². The fourth-order valence-corrected chi connectivity index (χ4v) is 3.85. The molecule has 0 aliphatic carbocycles. The first-order chi connectivity index (χ1) is 14.8. The Bertz CT molecular complexity index is 1190. The summed E-state index contributed by atoms with van der Waals surface area (Å²) >= 11 is 0. The Labute approximate surface area is 181 Å². The van der Waals surface area contributed by atoms with Crippen LogP contribution >= 0.6 is 0 Å². The monoisotopic (exact) mass is 437 g/mol. The van der Waals surface area contributed by atoms with Gasteiger partial charge in [-0.05, 0) is 48.9 Å². The smallest absolute Gasteiger partial charge is 0.271 e. The molecule has 0 aliphatic rings. The minimum absolute atomic E-state index is 0.0798. The molecule has 0 aliphatic heterocycles. The molecule has 0 saturated heterocycles. The SMILES string of the molecule is C/C(=N/NC(=O)c1ccc(CN(c2ccccc2)S(C)(=O)=O)cc1)c1ccccc1O. The molecule has 2 N–H and O–H groups in total. The van der Waals surface area contributed by atoms with Crippen LogP contribution in [0.5, 0.6) is 5.75 Å². The summed E-state index contributed by atoms with van der Waals surface area (Å²) in [6.45, 7) is 1.83. The number of anilines is 1. The Hall–Kier alpha value is -3.65. The van der Waals surface area contributed by atoms with Gasteiger partial charge in [-0.25, -0.2) is 13.8 Å². The third kappa shape index (κ3) is 5.70. The quantitative estimate of drug-likeness (QED) is 0.436. The minimum Gasteiger partial charge on any atom is -0.507 e. The molecule has 8 heteroatoms. The molecule has 3 aromatic rings. The molecule has 160 valence electrons. The van der Waals surface area contributed by atoms with E-state index in [1.54, 1.807) is 79.7 Å². The van der Waals surface area contributed by atoms with Crippen LogP contribution in [0.25, 0.3) is 0 Å². The number of phenols is 1. The van der Waals surface area contributed by atoms with Crippen molar-refractivity contribution in [1.29, 1.82) is 0 Å². The van der Waals surface area contributed by atoms with Crippen molar-refractivity contribution in [2.45, 2.75) is 13.5 Å². The molecule has 0 saturated carbocycles. The van der Waals surface area contributed by atoms with Crippen LogP contribution in [-0.2, 0) is 16.6 Å². The van der Waals surface area contributed by atoms with Crippen LogP contribution in [-0.4, -0.2) is 31.4 Å². The summed E-state index contributed by atoms with van der Waals surface area (Å²) in [6, 6.07) is 22.2. The molecule has 0 fully saturated rings. The summed E-state index contributed by atoms with van der Waals surface area (Å²) in [6.07, 6.45) is 1.16. The number of hydrogen-bond acceptors (Lipinski definition) is 5. The van der Waals surface area contributed by atoms with Crippen molar-refractivity contribution in [3.63, 3.8) is 0 Å². The normalized spacial score (nSPS) is 11.7. The molecule has 3 aromatic carbocycles. The molecule has 3 rings (SSSR count). The van der Waals surface area contributed by atoms with E-state index in [0.717, 1.165) is 11.8 Å². The maximum atomic E-state index is 12.4. The second-order valence-corrected chi connectivity index (χ2v) is 8.86. The van der Waals surface area contributed by atoms with Gasteiger partial charge in [-0.3, -0.25) is 9.10 Å². The first-order valence-electron chi connectivity index (χ1n) is 9.50. The van der Waals surface area contributed by atoms with E-state index in [-0.39, 0.29) is 12.3 Å². The fourth-order valence-electron chi connectivity index (χ4n) is 2.96. The third-order valence-corrected chi connectivity index (χ3v) is 5.75. The number of amides is 1. The molecule has 0 atom stereocenters. The highest BCUT2D eigenvalue weighted by Gasteiger charge is 2.17. The van der Waals surface area contributed by atoms with Crippen LogP contribution < -0.4 is 9.73 Å². The molecular formula is C23H23N3O4S. The number of phenolic OH excluding ortho intramolecular Hbond substituents is 1. The maximum Gasteiger partial charge on any atom is 0.271 e. The summed E-state index contributed by atoms with van der Waals surface area (Å²) in [5.41, 5.74) is 5.15. The van der Waals surface area contributed by atoms with E-state index >= 15 is 0 Å². The predicted molar refractivity (Wildman–Crippen MR) is 122 cm³/mol. The molecule has 0 heterocycles. The Kier molecular flexibility index (Phi) is 6.71. The van der Waals surface area contributed by atoms with Gasteiger partial charge in [-0.2, -0.15) is 5.10 Å². The summed E-state index contributed by atoms with van der Waals surface area (Å²) in [7, 11) is -3.47. The number of hydrazone groups is 1. The second-order valence-electron chi connectivity index (χ2n) is 6.96. The zero-order valence-electron chi connectivity index (χ0n) is 17.2. The van der Waals surface area contributed by atoms with E-state index in [2.05, 4.69) is 10.5 Å². The number of carbonyl (C=O) groups excluding carboxylic acids is 1. The van der Waals surface area contributed by atoms with Crippen molar-refractivity contribution < 1.29 is 18.3 Å². The fraction of sp³-hybridized carbons (Fsp3) is 0.130. The number of benzene rings is 3.